The summed E-state index contributed by atoms with van der Waals surface area (Å²) >= 11 is 6.14. The first-order valence-electron chi connectivity index (χ1n) is 6.44. The molecule has 1 aromatic carbocycles. The maximum Gasteiger partial charge on any atom is 0.170 e. The van der Waals surface area contributed by atoms with Gasteiger partial charge in [0.25, 0.3) is 0 Å². The Morgan fingerprint density at radius 2 is 2.19 bits per heavy atom. The summed E-state index contributed by atoms with van der Waals surface area (Å²) in [5.41, 5.74) is 7.92. The minimum absolute atomic E-state index is 0.0273. The number of oxime groups is 1. The maximum atomic E-state index is 8.62. The third-order valence-electron chi connectivity index (χ3n) is 2.94. The van der Waals surface area contributed by atoms with Gasteiger partial charge in [-0.25, -0.2) is 0 Å². The number of nitrogens with zero attached hydrogens (tertiary/aromatic N) is 2. The molecule has 5 nitrogen and oxygen atoms in total. The second-order valence-electron chi connectivity index (χ2n) is 4.42. The fourth-order valence-electron chi connectivity index (χ4n) is 1.79. The highest BCUT2D eigenvalue weighted by molar-refractivity contribution is 6.31. The van der Waals surface area contributed by atoms with Crippen molar-refractivity contribution in [2.75, 3.05) is 6.61 Å². The average Bonchev–Trinajstić information content (AvgIpc) is 2.53. The van der Waals surface area contributed by atoms with Crippen LogP contribution in [0, 0.1) is 0 Å². The van der Waals surface area contributed by atoms with Crippen LogP contribution >= 0.6 is 11.6 Å². The monoisotopic (exact) mass is 305 g/mol. The third kappa shape index (κ3) is 4.44. The molecular formula is C15H16ClN3O2. The van der Waals surface area contributed by atoms with Gasteiger partial charge in [-0.05, 0) is 23.8 Å². The van der Waals surface area contributed by atoms with Crippen molar-refractivity contribution >= 4 is 17.4 Å². The zero-order chi connectivity index (χ0) is 15.1. The first-order valence-corrected chi connectivity index (χ1v) is 6.82. The van der Waals surface area contributed by atoms with E-state index in [2.05, 4.69) is 10.1 Å². The molecule has 6 heteroatoms. The van der Waals surface area contributed by atoms with Crippen LogP contribution in [-0.4, -0.2) is 22.6 Å². The molecule has 21 heavy (non-hydrogen) atoms. The molecule has 1 heterocycles. The first-order chi connectivity index (χ1) is 10.2. The summed E-state index contributed by atoms with van der Waals surface area (Å²) in [6.45, 7) is 0.970. The van der Waals surface area contributed by atoms with Gasteiger partial charge in [-0.1, -0.05) is 35.0 Å². The molecule has 0 aliphatic carbocycles. The van der Waals surface area contributed by atoms with E-state index in [9.17, 15) is 0 Å². The Morgan fingerprint density at radius 1 is 1.33 bits per heavy atom. The fraction of sp³-hybridized carbons (Fsp3) is 0.200. The average molecular weight is 306 g/mol. The van der Waals surface area contributed by atoms with E-state index in [1.54, 1.807) is 24.4 Å². The van der Waals surface area contributed by atoms with Crippen LogP contribution < -0.4 is 5.73 Å². The van der Waals surface area contributed by atoms with Crippen molar-refractivity contribution in [2.45, 2.75) is 13.0 Å². The van der Waals surface area contributed by atoms with Gasteiger partial charge in [0.05, 0.1) is 13.2 Å². The number of rotatable bonds is 6. The van der Waals surface area contributed by atoms with E-state index in [0.29, 0.717) is 23.8 Å². The van der Waals surface area contributed by atoms with Gasteiger partial charge in [-0.3, -0.25) is 4.98 Å². The van der Waals surface area contributed by atoms with Crippen LogP contribution in [0.4, 0.5) is 0 Å². The smallest absolute Gasteiger partial charge is 0.170 e. The molecule has 0 aliphatic rings. The number of benzene rings is 1. The zero-order valence-corrected chi connectivity index (χ0v) is 12.1. The van der Waals surface area contributed by atoms with Crippen molar-refractivity contribution < 1.29 is 9.94 Å². The summed E-state index contributed by atoms with van der Waals surface area (Å²) in [5, 5.41) is 12.1. The van der Waals surface area contributed by atoms with E-state index in [4.69, 9.17) is 27.3 Å². The second-order valence-corrected chi connectivity index (χ2v) is 4.82. The third-order valence-corrected chi connectivity index (χ3v) is 3.29. The highest BCUT2D eigenvalue weighted by Gasteiger charge is 2.05. The lowest BCUT2D eigenvalue weighted by Crippen LogP contribution is -2.13. The van der Waals surface area contributed by atoms with Crippen molar-refractivity contribution in [3.8, 4) is 0 Å². The number of hydrogen-bond acceptors (Lipinski definition) is 4. The molecule has 2 aromatic rings. The van der Waals surface area contributed by atoms with Crippen LogP contribution in [0.2, 0.25) is 5.02 Å². The predicted molar refractivity (Wildman–Crippen MR) is 81.6 cm³/mol. The molecule has 0 saturated carbocycles. The van der Waals surface area contributed by atoms with Crippen LogP contribution in [0.3, 0.4) is 0 Å². The predicted octanol–water partition coefficient (Wildman–Crippen LogP) is 2.59. The number of halogens is 1. The molecule has 2 rings (SSSR count). The Balaban J connectivity index is 1.86. The number of amidine groups is 1. The quantitative estimate of drug-likeness (QED) is 0.283. The van der Waals surface area contributed by atoms with E-state index in [0.717, 1.165) is 17.7 Å². The summed E-state index contributed by atoms with van der Waals surface area (Å²) in [6, 6.07) is 11.0. The van der Waals surface area contributed by atoms with Crippen LogP contribution in [0.1, 0.15) is 16.8 Å². The molecular weight excluding hydrogens is 290 g/mol. The minimum Gasteiger partial charge on any atom is -0.409 e. The molecule has 0 amide bonds. The summed E-state index contributed by atoms with van der Waals surface area (Å²) in [5.74, 6) is 0.0273. The Bertz CT molecular complexity index is 618. The highest BCUT2D eigenvalue weighted by Crippen LogP contribution is 2.19. The lowest BCUT2D eigenvalue weighted by atomic mass is 10.1. The largest absolute Gasteiger partial charge is 0.409 e. The first kappa shape index (κ1) is 15.3. The summed E-state index contributed by atoms with van der Waals surface area (Å²) in [6.07, 6.45) is 2.51. The molecule has 0 unspecified atom stereocenters. The fourth-order valence-corrected chi connectivity index (χ4v) is 2.02. The van der Waals surface area contributed by atoms with E-state index in [1.807, 2.05) is 18.2 Å². The highest BCUT2D eigenvalue weighted by atomic mass is 35.5. The van der Waals surface area contributed by atoms with Gasteiger partial charge in [0.2, 0.25) is 0 Å². The molecule has 0 spiro atoms. The van der Waals surface area contributed by atoms with Gasteiger partial charge in [-0.2, -0.15) is 0 Å². The number of pyridine rings is 1. The van der Waals surface area contributed by atoms with E-state index in [-0.39, 0.29) is 5.84 Å². The number of ether oxygens (including phenoxy) is 1. The van der Waals surface area contributed by atoms with Gasteiger partial charge < -0.3 is 15.7 Å². The Morgan fingerprint density at radius 3 is 2.86 bits per heavy atom. The summed E-state index contributed by atoms with van der Waals surface area (Å²) < 4.78 is 5.60. The molecule has 3 N–H and O–H groups in total. The second kappa shape index (κ2) is 7.61. The minimum atomic E-state index is 0.0273. The van der Waals surface area contributed by atoms with Gasteiger partial charge in [0, 0.05) is 28.9 Å². The van der Waals surface area contributed by atoms with E-state index in [1.165, 1.54) is 0 Å². The molecule has 0 bridgehead atoms. The number of nitrogens with two attached hydrogens (primary N) is 1. The Hall–Kier alpha value is -2.11. The Labute approximate surface area is 128 Å². The van der Waals surface area contributed by atoms with Gasteiger partial charge in [0.1, 0.15) is 0 Å². The molecule has 0 atom stereocenters. The van der Waals surface area contributed by atoms with Crippen molar-refractivity contribution in [1.82, 2.24) is 4.98 Å². The van der Waals surface area contributed by atoms with Crippen molar-refractivity contribution in [1.29, 1.82) is 0 Å². The normalized spacial score (nSPS) is 11.6. The lowest BCUT2D eigenvalue weighted by molar-refractivity contribution is 0.123. The summed E-state index contributed by atoms with van der Waals surface area (Å²) in [4.78, 5) is 4.22. The van der Waals surface area contributed by atoms with E-state index < -0.39 is 0 Å². The van der Waals surface area contributed by atoms with Gasteiger partial charge in [-0.15, -0.1) is 0 Å². The number of aromatic nitrogens is 1. The number of hydrogen-bond donors (Lipinski definition) is 2. The van der Waals surface area contributed by atoms with Crippen LogP contribution in [0.25, 0.3) is 0 Å². The van der Waals surface area contributed by atoms with Crippen LogP contribution in [-0.2, 0) is 17.8 Å². The molecule has 0 fully saturated rings. The summed E-state index contributed by atoms with van der Waals surface area (Å²) in [7, 11) is 0. The SMILES string of the molecule is N/C(=N/O)c1ccc(COCCc2ccccn2)c(Cl)c1. The zero-order valence-electron chi connectivity index (χ0n) is 11.4. The van der Waals surface area contributed by atoms with Crippen LogP contribution in [0.5, 0.6) is 0 Å². The van der Waals surface area contributed by atoms with Crippen molar-refractivity contribution in [2.24, 2.45) is 10.9 Å². The maximum absolute atomic E-state index is 8.62. The lowest BCUT2D eigenvalue weighted by Gasteiger charge is -2.08. The van der Waals surface area contributed by atoms with Crippen LogP contribution in [0.15, 0.2) is 47.8 Å². The Kier molecular flexibility index (Phi) is 5.54. The van der Waals surface area contributed by atoms with Crippen molar-refractivity contribution in [3.63, 3.8) is 0 Å². The molecule has 0 saturated heterocycles. The van der Waals surface area contributed by atoms with Gasteiger partial charge in [0.15, 0.2) is 5.84 Å². The topological polar surface area (TPSA) is 80.7 Å². The molecule has 110 valence electrons. The standard InChI is InChI=1S/C15H16ClN3O2/c16-14-9-11(15(17)19-20)4-5-12(14)10-21-8-6-13-3-1-2-7-18-13/h1-5,7,9,20H,6,8,10H2,(H2,17,19). The van der Waals surface area contributed by atoms with Crippen molar-refractivity contribution in [3.05, 3.63) is 64.4 Å². The molecule has 0 aliphatic heterocycles. The van der Waals surface area contributed by atoms with Gasteiger partial charge >= 0.3 is 0 Å². The molecule has 1 aromatic heterocycles. The molecule has 0 radical (unpaired) electrons. The van der Waals surface area contributed by atoms with E-state index >= 15 is 0 Å².